The Hall–Kier alpha value is -2.03. The van der Waals surface area contributed by atoms with Crippen LogP contribution in [-0.2, 0) is 34.3 Å². The maximum atomic E-state index is 12.5. The normalized spacial score (nSPS) is 17.3. The topological polar surface area (TPSA) is 81.5 Å². The summed E-state index contributed by atoms with van der Waals surface area (Å²) in [6, 6.07) is 5.15. The Morgan fingerprint density at radius 1 is 1.23 bits per heavy atom. The number of sulfonamides is 1. The molecule has 3 rings (SSSR count). The molecule has 0 radical (unpaired) electrons. The van der Waals surface area contributed by atoms with E-state index in [1.165, 1.54) is 29.1 Å². The van der Waals surface area contributed by atoms with E-state index >= 15 is 0 Å². The first-order valence-corrected chi connectivity index (χ1v) is 9.83. The van der Waals surface area contributed by atoms with E-state index in [0.717, 1.165) is 16.7 Å². The Morgan fingerprint density at radius 3 is 2.62 bits per heavy atom. The van der Waals surface area contributed by atoms with Crippen LogP contribution in [0, 0.1) is 13.8 Å². The SMILES string of the molecule is Cc1cnn(CC2Cc3cc(S(=O)(=O)N(C)C)c(C)cc3CO2)c(=O)c1. The average Bonchev–Trinajstić information content (AvgIpc) is 2.56. The molecule has 1 aromatic carbocycles. The maximum absolute atomic E-state index is 12.5. The molecule has 0 spiro atoms. The standard InChI is InChI=1S/C18H23N3O4S/c1-12-5-18(22)21(19-9-12)10-16-7-14-8-17(26(23,24)20(3)4)13(2)6-15(14)11-25-16/h5-6,8-9,16H,7,10-11H2,1-4H3. The van der Waals surface area contributed by atoms with E-state index in [2.05, 4.69) is 5.10 Å². The molecule has 0 amide bonds. The van der Waals surface area contributed by atoms with Crippen molar-refractivity contribution < 1.29 is 13.2 Å². The Kier molecular flexibility index (Phi) is 5.01. The molecule has 0 aliphatic carbocycles. The number of fused-ring (bicyclic) bond motifs is 1. The van der Waals surface area contributed by atoms with Gasteiger partial charge < -0.3 is 4.74 Å². The summed E-state index contributed by atoms with van der Waals surface area (Å²) in [6.07, 6.45) is 1.95. The van der Waals surface area contributed by atoms with Crippen LogP contribution in [0.3, 0.4) is 0 Å². The minimum atomic E-state index is -3.50. The van der Waals surface area contributed by atoms with Gasteiger partial charge in [-0.05, 0) is 42.2 Å². The van der Waals surface area contributed by atoms with Gasteiger partial charge in [0.15, 0.2) is 0 Å². The van der Waals surface area contributed by atoms with Gasteiger partial charge in [0.1, 0.15) is 0 Å². The fourth-order valence-electron chi connectivity index (χ4n) is 3.07. The zero-order valence-corrected chi connectivity index (χ0v) is 16.2. The molecule has 1 aromatic heterocycles. The lowest BCUT2D eigenvalue weighted by atomic mass is 9.97. The van der Waals surface area contributed by atoms with Crippen LogP contribution >= 0.6 is 0 Å². The summed E-state index contributed by atoms with van der Waals surface area (Å²) >= 11 is 0. The van der Waals surface area contributed by atoms with Crippen LogP contribution in [0.15, 0.2) is 34.1 Å². The second-order valence-corrected chi connectivity index (χ2v) is 8.98. The van der Waals surface area contributed by atoms with Crippen molar-refractivity contribution in [2.75, 3.05) is 14.1 Å². The number of aryl methyl sites for hydroxylation is 2. The lowest BCUT2D eigenvalue weighted by Gasteiger charge is -2.27. The maximum Gasteiger partial charge on any atom is 0.267 e. The quantitative estimate of drug-likeness (QED) is 0.801. The highest BCUT2D eigenvalue weighted by Crippen LogP contribution is 2.28. The van der Waals surface area contributed by atoms with Crippen LogP contribution in [0.1, 0.15) is 22.3 Å². The van der Waals surface area contributed by atoms with E-state index in [1.807, 2.05) is 13.0 Å². The number of aromatic nitrogens is 2. The number of hydrogen-bond acceptors (Lipinski definition) is 5. The molecule has 7 nitrogen and oxygen atoms in total. The molecule has 1 atom stereocenters. The number of hydrogen-bond donors (Lipinski definition) is 0. The Labute approximate surface area is 153 Å². The highest BCUT2D eigenvalue weighted by atomic mass is 32.2. The molecule has 0 saturated heterocycles. The molecule has 8 heteroatoms. The zero-order valence-electron chi connectivity index (χ0n) is 15.4. The summed E-state index contributed by atoms with van der Waals surface area (Å²) in [5.41, 5.74) is 3.28. The fraction of sp³-hybridized carbons (Fsp3) is 0.444. The number of rotatable bonds is 4. The van der Waals surface area contributed by atoms with Crippen molar-refractivity contribution in [1.82, 2.24) is 14.1 Å². The molecule has 0 fully saturated rings. The van der Waals surface area contributed by atoms with Crippen molar-refractivity contribution >= 4 is 10.0 Å². The Bertz CT molecular complexity index is 996. The smallest absolute Gasteiger partial charge is 0.267 e. The van der Waals surface area contributed by atoms with E-state index in [-0.39, 0.29) is 11.7 Å². The molecule has 1 aliphatic heterocycles. The minimum Gasteiger partial charge on any atom is -0.371 e. The van der Waals surface area contributed by atoms with Crippen molar-refractivity contribution in [2.24, 2.45) is 0 Å². The molecule has 26 heavy (non-hydrogen) atoms. The van der Waals surface area contributed by atoms with E-state index < -0.39 is 10.0 Å². The van der Waals surface area contributed by atoms with Crippen LogP contribution in [0.2, 0.25) is 0 Å². The predicted octanol–water partition coefficient (Wildman–Crippen LogP) is 1.25. The van der Waals surface area contributed by atoms with Gasteiger partial charge in [-0.3, -0.25) is 4.79 Å². The average molecular weight is 377 g/mol. The van der Waals surface area contributed by atoms with Crippen LogP contribution in [-0.4, -0.2) is 42.7 Å². The molecule has 0 bridgehead atoms. The number of ether oxygens (including phenoxy) is 1. The van der Waals surface area contributed by atoms with Crippen molar-refractivity contribution in [3.63, 3.8) is 0 Å². The van der Waals surface area contributed by atoms with Crippen LogP contribution in [0.4, 0.5) is 0 Å². The highest BCUT2D eigenvalue weighted by Gasteiger charge is 2.26. The summed E-state index contributed by atoms with van der Waals surface area (Å²) in [6.45, 7) is 4.34. The van der Waals surface area contributed by atoms with Crippen molar-refractivity contribution in [3.05, 3.63) is 57.0 Å². The van der Waals surface area contributed by atoms with Crippen LogP contribution in [0.5, 0.6) is 0 Å². The molecule has 140 valence electrons. The highest BCUT2D eigenvalue weighted by molar-refractivity contribution is 7.89. The lowest BCUT2D eigenvalue weighted by Crippen LogP contribution is -2.33. The van der Waals surface area contributed by atoms with Gasteiger partial charge in [0.2, 0.25) is 10.0 Å². The summed E-state index contributed by atoms with van der Waals surface area (Å²) in [5.74, 6) is 0. The summed E-state index contributed by atoms with van der Waals surface area (Å²) < 4.78 is 33.5. The molecule has 1 unspecified atom stereocenters. The van der Waals surface area contributed by atoms with E-state index in [1.54, 1.807) is 19.2 Å². The third-order valence-corrected chi connectivity index (χ3v) is 6.52. The Morgan fingerprint density at radius 2 is 1.96 bits per heavy atom. The van der Waals surface area contributed by atoms with Gasteiger partial charge in [0, 0.05) is 26.6 Å². The monoisotopic (exact) mass is 377 g/mol. The number of nitrogens with zero attached hydrogens (tertiary/aromatic N) is 3. The molecular formula is C18H23N3O4S. The first-order chi connectivity index (χ1) is 12.2. The number of benzene rings is 1. The van der Waals surface area contributed by atoms with E-state index in [9.17, 15) is 13.2 Å². The van der Waals surface area contributed by atoms with Gasteiger partial charge in [0.25, 0.3) is 5.56 Å². The molecule has 0 N–H and O–H groups in total. The van der Waals surface area contributed by atoms with Crippen LogP contribution in [0.25, 0.3) is 0 Å². The van der Waals surface area contributed by atoms with Crippen LogP contribution < -0.4 is 5.56 Å². The fourth-order valence-corrected chi connectivity index (χ4v) is 4.22. The van der Waals surface area contributed by atoms with Gasteiger partial charge in [-0.15, -0.1) is 0 Å². The minimum absolute atomic E-state index is 0.167. The molecule has 1 aliphatic rings. The summed E-state index contributed by atoms with van der Waals surface area (Å²) in [4.78, 5) is 12.3. The lowest BCUT2D eigenvalue weighted by molar-refractivity contribution is 0.0146. The van der Waals surface area contributed by atoms with Gasteiger partial charge in [-0.1, -0.05) is 6.07 Å². The van der Waals surface area contributed by atoms with Gasteiger partial charge >= 0.3 is 0 Å². The van der Waals surface area contributed by atoms with Crippen molar-refractivity contribution in [3.8, 4) is 0 Å². The van der Waals surface area contributed by atoms with Crippen molar-refractivity contribution in [2.45, 2.75) is 44.4 Å². The second kappa shape index (κ2) is 6.94. The zero-order chi connectivity index (χ0) is 19.1. The van der Waals surface area contributed by atoms with Gasteiger partial charge in [-0.25, -0.2) is 17.4 Å². The first-order valence-electron chi connectivity index (χ1n) is 8.39. The van der Waals surface area contributed by atoms with E-state index in [4.69, 9.17) is 4.74 Å². The summed E-state index contributed by atoms with van der Waals surface area (Å²) in [7, 11) is -0.457. The molecule has 0 saturated carbocycles. The largest absolute Gasteiger partial charge is 0.371 e. The predicted molar refractivity (Wildman–Crippen MR) is 97.6 cm³/mol. The van der Waals surface area contributed by atoms with Gasteiger partial charge in [0.05, 0.1) is 30.3 Å². The second-order valence-electron chi connectivity index (χ2n) is 6.86. The molecule has 2 aromatic rings. The summed E-state index contributed by atoms with van der Waals surface area (Å²) in [5, 5.41) is 4.14. The third kappa shape index (κ3) is 3.58. The first kappa shape index (κ1) is 18.8. The third-order valence-electron chi connectivity index (χ3n) is 4.56. The Balaban J connectivity index is 1.89. The van der Waals surface area contributed by atoms with E-state index in [0.29, 0.717) is 30.0 Å². The van der Waals surface area contributed by atoms with Crippen molar-refractivity contribution in [1.29, 1.82) is 0 Å². The van der Waals surface area contributed by atoms with Gasteiger partial charge in [-0.2, -0.15) is 5.10 Å². The molecule has 2 heterocycles. The molecular weight excluding hydrogens is 354 g/mol.